The van der Waals surface area contributed by atoms with Gasteiger partial charge in [0.1, 0.15) is 18.6 Å². The minimum atomic E-state index is -1.44. The Labute approximate surface area is 135 Å². The van der Waals surface area contributed by atoms with Gasteiger partial charge in [0.2, 0.25) is 5.69 Å². The van der Waals surface area contributed by atoms with E-state index in [0.717, 1.165) is 10.9 Å². The van der Waals surface area contributed by atoms with Crippen LogP contribution in [0.25, 0.3) is 0 Å². The van der Waals surface area contributed by atoms with Gasteiger partial charge < -0.3 is 14.6 Å². The highest BCUT2D eigenvalue weighted by Gasteiger charge is 2.26. The van der Waals surface area contributed by atoms with Gasteiger partial charge >= 0.3 is 17.6 Å². The monoisotopic (exact) mass is 335 g/mol. The van der Waals surface area contributed by atoms with Crippen molar-refractivity contribution in [2.24, 2.45) is 0 Å². The number of carbonyl (C=O) groups excluding carboxylic acids is 1. The zero-order valence-corrected chi connectivity index (χ0v) is 12.5. The Hall–Kier alpha value is -3.43. The van der Waals surface area contributed by atoms with Crippen LogP contribution >= 0.6 is 0 Å². The molecule has 1 N–H and O–H groups in total. The summed E-state index contributed by atoms with van der Waals surface area (Å²) >= 11 is 0. The fourth-order valence-electron chi connectivity index (χ4n) is 1.95. The minimum Gasteiger partial charge on any atom is -0.492 e. The molecule has 0 aliphatic carbocycles. The van der Waals surface area contributed by atoms with E-state index in [-0.39, 0.29) is 13.2 Å². The molecular formula is C14H13N3O7. The molecule has 0 fully saturated rings. The number of nitrogens with zero attached hydrogens (tertiary/aromatic N) is 3. The van der Waals surface area contributed by atoms with Gasteiger partial charge in [-0.1, -0.05) is 0 Å². The third-order valence-electron chi connectivity index (χ3n) is 3.07. The zero-order valence-electron chi connectivity index (χ0n) is 12.5. The third kappa shape index (κ3) is 3.66. The number of aromatic nitrogens is 2. The lowest BCUT2D eigenvalue weighted by atomic mass is 10.2. The van der Waals surface area contributed by atoms with E-state index in [1.54, 1.807) is 12.1 Å². The van der Waals surface area contributed by atoms with Crippen molar-refractivity contribution in [3.63, 3.8) is 0 Å². The number of methoxy groups -OCH3 is 1. The summed E-state index contributed by atoms with van der Waals surface area (Å²) in [5, 5.41) is 23.5. The molecule has 0 saturated heterocycles. The van der Waals surface area contributed by atoms with Crippen molar-refractivity contribution in [2.75, 3.05) is 13.7 Å². The highest BCUT2D eigenvalue weighted by Crippen LogP contribution is 2.18. The Morgan fingerprint density at radius 2 is 2.00 bits per heavy atom. The Morgan fingerprint density at radius 3 is 2.54 bits per heavy atom. The smallest absolute Gasteiger partial charge is 0.361 e. The second kappa shape index (κ2) is 7.22. The number of hydrogen-bond acceptors (Lipinski definition) is 7. The summed E-state index contributed by atoms with van der Waals surface area (Å²) in [5.74, 6) is -1.47. The van der Waals surface area contributed by atoms with Gasteiger partial charge in [-0.3, -0.25) is 10.1 Å². The number of aromatic carboxylic acids is 1. The molecule has 0 aliphatic rings. The number of rotatable bonds is 7. The predicted octanol–water partition coefficient (Wildman–Crippen LogP) is 1.36. The Balaban J connectivity index is 2.01. The topological polar surface area (TPSA) is 134 Å². The molecule has 1 aromatic carbocycles. The summed E-state index contributed by atoms with van der Waals surface area (Å²) in [6, 6.07) is 6.14. The van der Waals surface area contributed by atoms with Crippen LogP contribution in [0.5, 0.6) is 5.75 Å². The average Bonchev–Trinajstić information content (AvgIpc) is 2.99. The first kappa shape index (κ1) is 16.9. The number of carboxylic acids is 1. The van der Waals surface area contributed by atoms with E-state index in [9.17, 15) is 19.7 Å². The molecule has 1 aromatic heterocycles. The van der Waals surface area contributed by atoms with E-state index >= 15 is 0 Å². The maximum atomic E-state index is 11.3. The quantitative estimate of drug-likeness (QED) is 0.455. The summed E-state index contributed by atoms with van der Waals surface area (Å²) in [6.07, 6.45) is 0.884. The number of nitro groups is 1. The van der Waals surface area contributed by atoms with E-state index in [2.05, 4.69) is 9.84 Å². The lowest BCUT2D eigenvalue weighted by Gasteiger charge is -2.08. The molecule has 0 atom stereocenters. The van der Waals surface area contributed by atoms with E-state index in [0.29, 0.717) is 11.3 Å². The molecule has 10 heteroatoms. The van der Waals surface area contributed by atoms with Gasteiger partial charge in [-0.05, 0) is 24.3 Å². The summed E-state index contributed by atoms with van der Waals surface area (Å²) in [6.45, 7) is 0.0465. The first-order valence-corrected chi connectivity index (χ1v) is 6.68. The molecule has 0 bridgehead atoms. The number of carboxylic acid groups (broad SMARTS) is 1. The fraction of sp³-hybridized carbons (Fsp3) is 0.214. The highest BCUT2D eigenvalue weighted by molar-refractivity contribution is 5.90. The first-order valence-electron chi connectivity index (χ1n) is 6.68. The molecule has 10 nitrogen and oxygen atoms in total. The van der Waals surface area contributed by atoms with Crippen molar-refractivity contribution in [3.05, 3.63) is 51.8 Å². The maximum absolute atomic E-state index is 11.3. The SMILES string of the molecule is COC(=O)c1ccc(OCCn2ncc([N+](=O)[O-])c2C(=O)O)cc1. The van der Waals surface area contributed by atoms with Gasteiger partial charge in [-0.15, -0.1) is 0 Å². The minimum absolute atomic E-state index is 0.00816. The molecule has 0 saturated carbocycles. The summed E-state index contributed by atoms with van der Waals surface area (Å²) in [4.78, 5) is 32.4. The first-order chi connectivity index (χ1) is 11.4. The Kier molecular flexibility index (Phi) is 5.09. The van der Waals surface area contributed by atoms with Crippen LogP contribution in [-0.2, 0) is 11.3 Å². The second-order valence-corrected chi connectivity index (χ2v) is 4.53. The molecule has 126 valence electrons. The van der Waals surface area contributed by atoms with E-state index in [1.165, 1.54) is 19.2 Å². The van der Waals surface area contributed by atoms with Crippen molar-refractivity contribution in [1.29, 1.82) is 0 Å². The molecule has 0 spiro atoms. The summed E-state index contributed by atoms with van der Waals surface area (Å²) < 4.78 is 11.0. The van der Waals surface area contributed by atoms with Crippen LogP contribution in [0, 0.1) is 10.1 Å². The van der Waals surface area contributed by atoms with Crippen LogP contribution in [0.15, 0.2) is 30.5 Å². The molecule has 1 heterocycles. The van der Waals surface area contributed by atoms with Crippen LogP contribution < -0.4 is 4.74 Å². The second-order valence-electron chi connectivity index (χ2n) is 4.53. The van der Waals surface area contributed by atoms with E-state index in [4.69, 9.17) is 9.84 Å². The number of benzene rings is 1. The average molecular weight is 335 g/mol. The van der Waals surface area contributed by atoms with Gasteiger partial charge in [0, 0.05) is 0 Å². The molecule has 0 radical (unpaired) electrons. The number of hydrogen-bond donors (Lipinski definition) is 1. The van der Waals surface area contributed by atoms with Gasteiger partial charge in [-0.25, -0.2) is 14.3 Å². The van der Waals surface area contributed by atoms with Crippen LogP contribution in [0.4, 0.5) is 5.69 Å². The molecular weight excluding hydrogens is 322 g/mol. The predicted molar refractivity (Wildman–Crippen MR) is 79.1 cm³/mol. The third-order valence-corrected chi connectivity index (χ3v) is 3.07. The molecule has 0 amide bonds. The van der Waals surface area contributed by atoms with E-state index < -0.39 is 28.2 Å². The van der Waals surface area contributed by atoms with Crippen molar-refractivity contribution in [1.82, 2.24) is 9.78 Å². The lowest BCUT2D eigenvalue weighted by molar-refractivity contribution is -0.385. The van der Waals surface area contributed by atoms with Crippen LogP contribution in [0.2, 0.25) is 0 Å². The van der Waals surface area contributed by atoms with Gasteiger partial charge in [-0.2, -0.15) is 5.10 Å². The molecule has 2 aromatic rings. The summed E-state index contributed by atoms with van der Waals surface area (Å²) in [5.41, 5.74) is -0.727. The van der Waals surface area contributed by atoms with Crippen molar-refractivity contribution in [3.8, 4) is 5.75 Å². The van der Waals surface area contributed by atoms with Gasteiger partial charge in [0.15, 0.2) is 0 Å². The molecule has 0 unspecified atom stereocenters. The molecule has 0 aliphatic heterocycles. The lowest BCUT2D eigenvalue weighted by Crippen LogP contribution is -2.16. The Bertz CT molecular complexity index is 767. The van der Waals surface area contributed by atoms with Crippen LogP contribution in [0.1, 0.15) is 20.8 Å². The van der Waals surface area contributed by atoms with Gasteiger partial charge in [0.05, 0.1) is 24.1 Å². The molecule has 2 rings (SSSR count). The zero-order chi connectivity index (χ0) is 17.7. The standard InChI is InChI=1S/C14H13N3O7/c1-23-14(20)9-2-4-10(5-3-9)24-7-6-16-12(13(18)19)11(8-15-16)17(21)22/h2-5,8H,6-7H2,1H3,(H,18,19). The van der Waals surface area contributed by atoms with E-state index in [1.807, 2.05) is 0 Å². The number of carbonyl (C=O) groups is 2. The molecule has 24 heavy (non-hydrogen) atoms. The normalized spacial score (nSPS) is 10.2. The van der Waals surface area contributed by atoms with Crippen molar-refractivity contribution < 1.29 is 29.1 Å². The summed E-state index contributed by atoms with van der Waals surface area (Å²) in [7, 11) is 1.27. The van der Waals surface area contributed by atoms with Crippen molar-refractivity contribution >= 4 is 17.6 Å². The van der Waals surface area contributed by atoms with Crippen LogP contribution in [-0.4, -0.2) is 45.5 Å². The number of ether oxygens (including phenoxy) is 2. The van der Waals surface area contributed by atoms with Gasteiger partial charge in [0.25, 0.3) is 0 Å². The maximum Gasteiger partial charge on any atom is 0.361 e. The number of esters is 1. The van der Waals surface area contributed by atoms with Crippen LogP contribution in [0.3, 0.4) is 0 Å². The fourth-order valence-corrected chi connectivity index (χ4v) is 1.95. The Morgan fingerprint density at radius 1 is 1.33 bits per heavy atom. The van der Waals surface area contributed by atoms with Crippen molar-refractivity contribution in [2.45, 2.75) is 6.54 Å². The highest BCUT2D eigenvalue weighted by atomic mass is 16.6. The largest absolute Gasteiger partial charge is 0.492 e.